The molecule has 6 heteroatoms. The highest BCUT2D eigenvalue weighted by molar-refractivity contribution is 9.10. The number of benzene rings is 1. The molecule has 1 aromatic rings. The molecular weight excluding hydrogens is 305 g/mol. The minimum absolute atomic E-state index is 0.0483. The van der Waals surface area contributed by atoms with Gasteiger partial charge in [0.1, 0.15) is 5.75 Å². The first-order valence-corrected chi connectivity index (χ1v) is 6.26. The van der Waals surface area contributed by atoms with Crippen molar-refractivity contribution in [2.45, 2.75) is 12.4 Å². The first kappa shape index (κ1) is 13.7. The van der Waals surface area contributed by atoms with Gasteiger partial charge < -0.3 is 4.74 Å². The molecule has 0 saturated carbocycles. The van der Waals surface area contributed by atoms with E-state index in [9.17, 15) is 13.2 Å². The molecule has 90 valence electrons. The van der Waals surface area contributed by atoms with Crippen molar-refractivity contribution < 1.29 is 17.9 Å². The summed E-state index contributed by atoms with van der Waals surface area (Å²) < 4.78 is 41.6. The smallest absolute Gasteiger partial charge is 0.441 e. The highest BCUT2D eigenvalue weighted by Crippen LogP contribution is 2.30. The van der Waals surface area contributed by atoms with Gasteiger partial charge in [0.05, 0.1) is 6.61 Å². The van der Waals surface area contributed by atoms with Crippen LogP contribution in [0.5, 0.6) is 5.75 Å². The monoisotopic (exact) mass is 314 g/mol. The fraction of sp³-hybridized carbons (Fsp3) is 0.400. The van der Waals surface area contributed by atoms with Crippen LogP contribution in [0.1, 0.15) is 5.56 Å². The van der Waals surface area contributed by atoms with E-state index in [1.165, 1.54) is 0 Å². The van der Waals surface area contributed by atoms with E-state index in [0.29, 0.717) is 5.75 Å². The second-order valence-electron chi connectivity index (χ2n) is 3.05. The lowest BCUT2D eigenvalue weighted by atomic mass is 10.2. The zero-order chi connectivity index (χ0) is 12.2. The van der Waals surface area contributed by atoms with Crippen LogP contribution in [-0.2, 0) is 0 Å². The van der Waals surface area contributed by atoms with E-state index >= 15 is 0 Å². The fourth-order valence-electron chi connectivity index (χ4n) is 1.08. The Balaban J connectivity index is 2.38. The lowest BCUT2D eigenvalue weighted by Gasteiger charge is -2.10. The zero-order valence-corrected chi connectivity index (χ0v) is 10.9. The minimum Gasteiger partial charge on any atom is -0.492 e. The molecule has 1 nitrogen and oxygen atoms in total. The van der Waals surface area contributed by atoms with Gasteiger partial charge >= 0.3 is 5.51 Å². The molecule has 16 heavy (non-hydrogen) atoms. The summed E-state index contributed by atoms with van der Waals surface area (Å²) in [6.45, 7) is 1.89. The Labute approximate surface area is 104 Å². The Morgan fingerprint density at radius 1 is 1.38 bits per heavy atom. The molecule has 1 aromatic carbocycles. The number of hydrogen-bond acceptors (Lipinski definition) is 2. The number of rotatable bonds is 4. The van der Waals surface area contributed by atoms with Crippen molar-refractivity contribution in [3.05, 3.63) is 28.2 Å². The van der Waals surface area contributed by atoms with E-state index in [1.54, 1.807) is 12.1 Å². The third kappa shape index (κ3) is 5.12. The summed E-state index contributed by atoms with van der Waals surface area (Å²) in [6.07, 6.45) is 0. The van der Waals surface area contributed by atoms with Gasteiger partial charge in [0.15, 0.2) is 0 Å². The van der Waals surface area contributed by atoms with Crippen molar-refractivity contribution in [3.63, 3.8) is 0 Å². The Morgan fingerprint density at radius 3 is 2.62 bits per heavy atom. The van der Waals surface area contributed by atoms with Crippen LogP contribution in [0.2, 0.25) is 0 Å². The highest BCUT2D eigenvalue weighted by Gasteiger charge is 2.27. The fourth-order valence-corrected chi connectivity index (χ4v) is 1.96. The summed E-state index contributed by atoms with van der Waals surface area (Å²) >= 11 is 3.22. The average molecular weight is 315 g/mol. The molecule has 0 fully saturated rings. The molecule has 0 atom stereocenters. The Hall–Kier alpha value is -0.360. The predicted octanol–water partition coefficient (Wildman–Crippen LogP) is 4.39. The molecule has 0 radical (unpaired) electrons. The molecule has 0 saturated heterocycles. The maximum atomic E-state index is 11.8. The zero-order valence-electron chi connectivity index (χ0n) is 8.47. The molecular formula is C10H10BrF3OS. The molecule has 0 spiro atoms. The summed E-state index contributed by atoms with van der Waals surface area (Å²) in [5.74, 6) is 0.518. The van der Waals surface area contributed by atoms with Gasteiger partial charge in [0.25, 0.3) is 0 Å². The molecule has 0 aliphatic carbocycles. The van der Waals surface area contributed by atoms with Gasteiger partial charge in [0.2, 0.25) is 0 Å². The number of hydrogen-bond donors (Lipinski definition) is 0. The molecule has 0 aliphatic heterocycles. The van der Waals surface area contributed by atoms with Crippen LogP contribution < -0.4 is 4.74 Å². The van der Waals surface area contributed by atoms with Gasteiger partial charge in [-0.3, -0.25) is 0 Å². The van der Waals surface area contributed by atoms with Crippen LogP contribution >= 0.6 is 27.7 Å². The number of aryl methyl sites for hydroxylation is 1. The first-order chi connectivity index (χ1) is 7.38. The van der Waals surface area contributed by atoms with E-state index in [0.717, 1.165) is 10.0 Å². The van der Waals surface area contributed by atoms with Crippen molar-refractivity contribution in [3.8, 4) is 5.75 Å². The van der Waals surface area contributed by atoms with E-state index in [2.05, 4.69) is 15.9 Å². The lowest BCUT2D eigenvalue weighted by Crippen LogP contribution is -2.07. The lowest BCUT2D eigenvalue weighted by molar-refractivity contribution is -0.0329. The standard InChI is InChI=1S/C10H10BrF3OS/c1-7-6-8(11)2-3-9(7)15-4-5-16-10(12,13)14/h2-3,6H,4-5H2,1H3. The van der Waals surface area contributed by atoms with Crippen molar-refractivity contribution in [2.24, 2.45) is 0 Å². The summed E-state index contributed by atoms with van der Waals surface area (Å²) in [4.78, 5) is 0. The predicted molar refractivity (Wildman–Crippen MR) is 62.9 cm³/mol. The van der Waals surface area contributed by atoms with Crippen LogP contribution in [0.25, 0.3) is 0 Å². The number of ether oxygens (including phenoxy) is 1. The van der Waals surface area contributed by atoms with Crippen LogP contribution in [0, 0.1) is 6.92 Å². The summed E-state index contributed by atoms with van der Waals surface area (Å²) in [5.41, 5.74) is -3.29. The summed E-state index contributed by atoms with van der Waals surface area (Å²) in [7, 11) is 0. The number of thioether (sulfide) groups is 1. The largest absolute Gasteiger partial charge is 0.492 e. The molecule has 0 aromatic heterocycles. The van der Waals surface area contributed by atoms with Gasteiger partial charge in [0, 0.05) is 10.2 Å². The van der Waals surface area contributed by atoms with Crippen molar-refractivity contribution in [1.82, 2.24) is 0 Å². The minimum atomic E-state index is -4.18. The summed E-state index contributed by atoms with van der Waals surface area (Å²) in [5, 5.41) is 0. The Bertz CT molecular complexity index is 354. The van der Waals surface area contributed by atoms with Crippen molar-refractivity contribution >= 4 is 27.7 Å². The Morgan fingerprint density at radius 2 is 2.06 bits per heavy atom. The topological polar surface area (TPSA) is 9.23 Å². The molecule has 0 unspecified atom stereocenters. The number of halogens is 4. The van der Waals surface area contributed by atoms with Gasteiger partial charge in [-0.2, -0.15) is 13.2 Å². The third-order valence-electron chi connectivity index (χ3n) is 1.74. The second-order valence-corrected chi connectivity index (χ2v) is 5.13. The molecule has 1 rings (SSSR count). The quantitative estimate of drug-likeness (QED) is 0.762. The summed E-state index contributed by atoms with van der Waals surface area (Å²) in [6, 6.07) is 5.38. The van der Waals surface area contributed by atoms with Crippen LogP contribution in [0.4, 0.5) is 13.2 Å². The SMILES string of the molecule is Cc1cc(Br)ccc1OCCSC(F)(F)F. The van der Waals surface area contributed by atoms with Gasteiger partial charge in [-0.15, -0.1) is 0 Å². The molecule has 0 amide bonds. The molecule has 0 aliphatic rings. The van der Waals surface area contributed by atoms with E-state index in [-0.39, 0.29) is 24.1 Å². The van der Waals surface area contributed by atoms with Crippen LogP contribution in [0.15, 0.2) is 22.7 Å². The first-order valence-electron chi connectivity index (χ1n) is 4.48. The van der Waals surface area contributed by atoms with E-state index < -0.39 is 5.51 Å². The van der Waals surface area contributed by atoms with E-state index in [1.807, 2.05) is 13.0 Å². The second kappa shape index (κ2) is 5.82. The van der Waals surface area contributed by atoms with Crippen LogP contribution in [-0.4, -0.2) is 17.9 Å². The maximum Gasteiger partial charge on any atom is 0.441 e. The average Bonchev–Trinajstić information content (AvgIpc) is 2.13. The van der Waals surface area contributed by atoms with Crippen LogP contribution in [0.3, 0.4) is 0 Å². The van der Waals surface area contributed by atoms with Gasteiger partial charge in [-0.1, -0.05) is 15.9 Å². The maximum absolute atomic E-state index is 11.8. The normalized spacial score (nSPS) is 11.6. The molecule has 0 bridgehead atoms. The Kier molecular flexibility index (Phi) is 4.98. The molecule has 0 heterocycles. The van der Waals surface area contributed by atoms with E-state index in [4.69, 9.17) is 4.74 Å². The van der Waals surface area contributed by atoms with Crippen molar-refractivity contribution in [1.29, 1.82) is 0 Å². The van der Waals surface area contributed by atoms with Gasteiger partial charge in [-0.05, 0) is 42.4 Å². The molecule has 0 N–H and O–H groups in total. The van der Waals surface area contributed by atoms with Crippen molar-refractivity contribution in [2.75, 3.05) is 12.4 Å². The third-order valence-corrected chi connectivity index (χ3v) is 2.93. The van der Waals surface area contributed by atoms with Gasteiger partial charge in [-0.25, -0.2) is 0 Å². The number of alkyl halides is 3. The highest BCUT2D eigenvalue weighted by atomic mass is 79.9.